The third-order valence-corrected chi connectivity index (χ3v) is 2.93. The second-order valence-electron chi connectivity index (χ2n) is 4.75. The summed E-state index contributed by atoms with van der Waals surface area (Å²) >= 11 is 0. The summed E-state index contributed by atoms with van der Waals surface area (Å²) in [5.74, 6) is 1.22. The van der Waals surface area contributed by atoms with Gasteiger partial charge < -0.3 is 9.52 Å². The lowest BCUT2D eigenvalue weighted by Gasteiger charge is -1.96. The summed E-state index contributed by atoms with van der Waals surface area (Å²) in [6, 6.07) is 11.1. The number of hydrogen-bond acceptors (Lipinski definition) is 6. The van der Waals surface area contributed by atoms with Crippen molar-refractivity contribution >= 4 is 12.0 Å². The van der Waals surface area contributed by atoms with E-state index in [2.05, 4.69) is 19.9 Å². The molecule has 0 saturated carbocycles. The molecule has 0 aliphatic heterocycles. The van der Waals surface area contributed by atoms with Crippen LogP contribution in [0.2, 0.25) is 0 Å². The van der Waals surface area contributed by atoms with Crippen LogP contribution >= 0.6 is 0 Å². The minimum absolute atomic E-state index is 0.257. The first-order valence-corrected chi connectivity index (χ1v) is 6.73. The number of rotatable bonds is 3. The Labute approximate surface area is 127 Å². The Balaban J connectivity index is 1.90. The molecule has 110 valence electrons. The van der Waals surface area contributed by atoms with Gasteiger partial charge in [0.1, 0.15) is 5.82 Å². The van der Waals surface area contributed by atoms with Gasteiger partial charge in [-0.1, -0.05) is 18.2 Å². The molecule has 0 fully saturated rings. The summed E-state index contributed by atoms with van der Waals surface area (Å²) in [5, 5.41) is 9.83. The molecule has 6 nitrogen and oxygen atoms in total. The van der Waals surface area contributed by atoms with Gasteiger partial charge in [-0.05, 0) is 26.0 Å². The van der Waals surface area contributed by atoms with Crippen molar-refractivity contribution in [3.63, 3.8) is 0 Å². The average Bonchev–Trinajstić information content (AvgIpc) is 2.86. The van der Waals surface area contributed by atoms with E-state index in [1.807, 2.05) is 37.3 Å². The van der Waals surface area contributed by atoms with E-state index in [1.54, 1.807) is 13.0 Å². The summed E-state index contributed by atoms with van der Waals surface area (Å²) in [5.41, 5.74) is 1.87. The van der Waals surface area contributed by atoms with E-state index in [0.717, 1.165) is 11.3 Å². The van der Waals surface area contributed by atoms with Crippen molar-refractivity contribution in [3.8, 4) is 17.4 Å². The molecule has 0 atom stereocenters. The van der Waals surface area contributed by atoms with Crippen molar-refractivity contribution < 1.29 is 9.52 Å². The first-order valence-electron chi connectivity index (χ1n) is 6.73. The Hall–Kier alpha value is -3.02. The molecule has 0 aliphatic carbocycles. The minimum atomic E-state index is -0.273. The van der Waals surface area contributed by atoms with Crippen LogP contribution in [0, 0.1) is 13.8 Å². The molecule has 3 aromatic rings. The van der Waals surface area contributed by atoms with Crippen LogP contribution in [0.4, 0.5) is 5.82 Å². The summed E-state index contributed by atoms with van der Waals surface area (Å²) in [7, 11) is 0. The summed E-state index contributed by atoms with van der Waals surface area (Å²) in [4.78, 5) is 16.8. The quantitative estimate of drug-likeness (QED) is 0.750. The molecule has 3 rings (SSSR count). The molecule has 1 aromatic carbocycles. The van der Waals surface area contributed by atoms with Crippen molar-refractivity contribution in [2.24, 2.45) is 4.99 Å². The first-order chi connectivity index (χ1) is 10.6. The molecular formula is C16H14N4O2. The highest BCUT2D eigenvalue weighted by molar-refractivity contribution is 5.82. The van der Waals surface area contributed by atoms with E-state index in [0.29, 0.717) is 17.5 Å². The Kier molecular flexibility index (Phi) is 3.65. The average molecular weight is 294 g/mol. The van der Waals surface area contributed by atoms with Crippen LogP contribution in [-0.2, 0) is 0 Å². The van der Waals surface area contributed by atoms with E-state index in [9.17, 15) is 5.11 Å². The molecule has 2 aromatic heterocycles. The van der Waals surface area contributed by atoms with Crippen LogP contribution in [0.1, 0.15) is 17.2 Å². The molecule has 6 heteroatoms. The number of nitrogens with zero attached hydrogens (tertiary/aromatic N) is 4. The number of aliphatic imine (C=N–C) groups is 1. The fourth-order valence-electron chi connectivity index (χ4n) is 2.00. The smallest absolute Gasteiger partial charge is 0.312 e. The zero-order chi connectivity index (χ0) is 15.5. The normalized spacial score (nSPS) is 11.2. The molecule has 0 spiro atoms. The maximum atomic E-state index is 9.83. The highest BCUT2D eigenvalue weighted by Gasteiger charge is 2.12. The summed E-state index contributed by atoms with van der Waals surface area (Å²) < 4.78 is 5.26. The zero-order valence-electron chi connectivity index (χ0n) is 12.2. The Bertz CT molecular complexity index is 805. The Morgan fingerprint density at radius 2 is 1.86 bits per heavy atom. The van der Waals surface area contributed by atoms with Crippen LogP contribution in [0.3, 0.4) is 0 Å². The number of aromatic nitrogens is 3. The zero-order valence-corrected chi connectivity index (χ0v) is 12.2. The monoisotopic (exact) mass is 294 g/mol. The highest BCUT2D eigenvalue weighted by atomic mass is 16.5. The van der Waals surface area contributed by atoms with Crippen molar-refractivity contribution in [1.29, 1.82) is 0 Å². The lowest BCUT2D eigenvalue weighted by Crippen LogP contribution is -1.90. The maximum absolute atomic E-state index is 9.83. The van der Waals surface area contributed by atoms with E-state index < -0.39 is 0 Å². The van der Waals surface area contributed by atoms with Crippen molar-refractivity contribution in [1.82, 2.24) is 15.0 Å². The van der Waals surface area contributed by atoms with Crippen molar-refractivity contribution in [2.45, 2.75) is 13.8 Å². The third-order valence-electron chi connectivity index (χ3n) is 2.93. The fourth-order valence-corrected chi connectivity index (χ4v) is 2.00. The van der Waals surface area contributed by atoms with Gasteiger partial charge in [-0.3, -0.25) is 0 Å². The van der Waals surface area contributed by atoms with E-state index in [1.165, 1.54) is 6.21 Å². The lowest BCUT2D eigenvalue weighted by molar-refractivity contribution is 0.337. The van der Waals surface area contributed by atoms with Gasteiger partial charge in [-0.2, -0.15) is 0 Å². The first kappa shape index (κ1) is 13.9. The number of oxazole rings is 1. The van der Waals surface area contributed by atoms with Crippen LogP contribution in [0.5, 0.6) is 5.95 Å². The Morgan fingerprint density at radius 1 is 1.09 bits per heavy atom. The summed E-state index contributed by atoms with van der Waals surface area (Å²) in [6.07, 6.45) is 1.42. The van der Waals surface area contributed by atoms with Crippen LogP contribution < -0.4 is 0 Å². The molecule has 0 unspecified atom stereocenters. The number of hydrogen-bond donors (Lipinski definition) is 1. The largest absolute Gasteiger partial charge is 0.479 e. The number of aryl methyl sites for hydroxylation is 2. The van der Waals surface area contributed by atoms with E-state index in [-0.39, 0.29) is 11.6 Å². The van der Waals surface area contributed by atoms with Crippen LogP contribution in [0.25, 0.3) is 11.5 Å². The van der Waals surface area contributed by atoms with Gasteiger partial charge in [0.05, 0.1) is 6.21 Å². The highest BCUT2D eigenvalue weighted by Crippen LogP contribution is 2.25. The predicted molar refractivity (Wildman–Crippen MR) is 82.4 cm³/mol. The lowest BCUT2D eigenvalue weighted by atomic mass is 10.2. The van der Waals surface area contributed by atoms with Crippen molar-refractivity contribution in [2.75, 3.05) is 0 Å². The molecule has 0 amide bonds. The van der Waals surface area contributed by atoms with Gasteiger partial charge in [0.25, 0.3) is 0 Å². The topological polar surface area (TPSA) is 84.4 Å². The van der Waals surface area contributed by atoms with Crippen molar-refractivity contribution in [3.05, 3.63) is 53.6 Å². The number of benzene rings is 1. The minimum Gasteiger partial charge on any atom is -0.479 e. The molecule has 1 N–H and O–H groups in total. The van der Waals surface area contributed by atoms with Gasteiger partial charge >= 0.3 is 5.95 Å². The van der Waals surface area contributed by atoms with E-state index >= 15 is 0 Å². The van der Waals surface area contributed by atoms with Gasteiger partial charge in [-0.15, -0.1) is 0 Å². The summed E-state index contributed by atoms with van der Waals surface area (Å²) in [6.45, 7) is 3.67. The molecule has 0 aliphatic rings. The van der Waals surface area contributed by atoms with Crippen LogP contribution in [-0.4, -0.2) is 26.3 Å². The second kappa shape index (κ2) is 5.77. The van der Waals surface area contributed by atoms with Gasteiger partial charge in [0, 0.05) is 17.3 Å². The van der Waals surface area contributed by atoms with Gasteiger partial charge in [0.15, 0.2) is 11.5 Å². The third kappa shape index (κ3) is 3.01. The second-order valence-corrected chi connectivity index (χ2v) is 4.75. The Morgan fingerprint density at radius 3 is 2.59 bits per heavy atom. The SMILES string of the molecule is Cc1cc(N=Cc2nc(-c3ccccc3)oc2O)nc(C)n1. The fraction of sp³-hybridized carbons (Fsp3) is 0.125. The van der Waals surface area contributed by atoms with E-state index in [4.69, 9.17) is 4.42 Å². The number of aromatic hydroxyl groups is 1. The van der Waals surface area contributed by atoms with Gasteiger partial charge in [-0.25, -0.2) is 19.9 Å². The van der Waals surface area contributed by atoms with Crippen LogP contribution in [0.15, 0.2) is 45.8 Å². The molecular weight excluding hydrogens is 280 g/mol. The molecule has 0 saturated heterocycles. The molecule has 2 heterocycles. The molecule has 22 heavy (non-hydrogen) atoms. The molecule has 0 radical (unpaired) electrons. The predicted octanol–water partition coefficient (Wildman–Crippen LogP) is 3.20. The van der Waals surface area contributed by atoms with Gasteiger partial charge in [0.2, 0.25) is 5.89 Å². The molecule has 0 bridgehead atoms. The maximum Gasteiger partial charge on any atom is 0.312 e. The standard InChI is InChI=1S/C16H14N4O2/c1-10-8-14(19-11(2)18-10)17-9-13-16(21)22-15(20-13)12-6-4-3-5-7-12/h3-9,21H,1-2H3.